The first-order chi connectivity index (χ1) is 8.52. The normalized spacial score (nSPS) is 10.4. The summed E-state index contributed by atoms with van der Waals surface area (Å²) < 4.78 is 0. The van der Waals surface area contributed by atoms with Crippen molar-refractivity contribution in [2.24, 2.45) is 0 Å². The summed E-state index contributed by atoms with van der Waals surface area (Å²) >= 11 is 5.99. The summed E-state index contributed by atoms with van der Waals surface area (Å²) in [5.74, 6) is -1.00. The van der Waals surface area contributed by atoms with E-state index < -0.39 is 5.97 Å². The Kier molecular flexibility index (Phi) is 3.39. The Morgan fingerprint density at radius 3 is 2.33 bits per heavy atom. The zero-order valence-electron chi connectivity index (χ0n) is 10.2. The van der Waals surface area contributed by atoms with Crippen molar-refractivity contribution in [3.05, 3.63) is 58.1 Å². The zero-order valence-corrected chi connectivity index (χ0v) is 11.0. The van der Waals surface area contributed by atoms with Crippen LogP contribution in [0.4, 0.5) is 0 Å². The molecule has 0 aliphatic rings. The third kappa shape index (κ3) is 2.12. The number of benzene rings is 2. The first-order valence-electron chi connectivity index (χ1n) is 5.60. The topological polar surface area (TPSA) is 37.3 Å². The van der Waals surface area contributed by atoms with Crippen molar-refractivity contribution in [3.8, 4) is 11.1 Å². The molecule has 2 nitrogen and oxygen atoms in total. The molecule has 0 atom stereocenters. The van der Waals surface area contributed by atoms with Crippen molar-refractivity contribution in [1.29, 1.82) is 0 Å². The Bertz CT molecular complexity index is 618. The van der Waals surface area contributed by atoms with Crippen LogP contribution < -0.4 is 0 Å². The summed E-state index contributed by atoms with van der Waals surface area (Å²) in [5, 5.41) is 9.55. The van der Waals surface area contributed by atoms with Gasteiger partial charge in [-0.15, -0.1) is 0 Å². The fourth-order valence-corrected chi connectivity index (χ4v) is 2.26. The molecule has 0 radical (unpaired) electrons. The molecular weight excluding hydrogens is 248 g/mol. The van der Waals surface area contributed by atoms with Gasteiger partial charge < -0.3 is 5.11 Å². The van der Waals surface area contributed by atoms with Gasteiger partial charge in [-0.2, -0.15) is 0 Å². The molecule has 3 heteroatoms. The van der Waals surface area contributed by atoms with E-state index in [2.05, 4.69) is 0 Å². The predicted octanol–water partition coefficient (Wildman–Crippen LogP) is 4.32. The lowest BCUT2D eigenvalue weighted by Crippen LogP contribution is -2.01. The van der Waals surface area contributed by atoms with Crippen molar-refractivity contribution in [2.75, 3.05) is 0 Å². The van der Waals surface area contributed by atoms with E-state index in [4.69, 9.17) is 11.6 Å². The van der Waals surface area contributed by atoms with E-state index in [-0.39, 0.29) is 10.6 Å². The minimum atomic E-state index is -1.00. The molecule has 0 bridgehead atoms. The zero-order chi connectivity index (χ0) is 13.3. The second kappa shape index (κ2) is 4.83. The fraction of sp³-hybridized carbons (Fsp3) is 0.133. The summed E-state index contributed by atoms with van der Waals surface area (Å²) in [5.41, 5.74) is 3.94. The van der Waals surface area contributed by atoms with Gasteiger partial charge in [-0.3, -0.25) is 0 Å². The highest BCUT2D eigenvalue weighted by Gasteiger charge is 2.16. The van der Waals surface area contributed by atoms with Crippen LogP contribution in [0.15, 0.2) is 36.4 Å². The van der Waals surface area contributed by atoms with Crippen LogP contribution in [0.1, 0.15) is 21.5 Å². The molecule has 2 aromatic carbocycles. The smallest absolute Gasteiger partial charge is 0.337 e. The maximum atomic E-state index is 11.3. The Labute approximate surface area is 111 Å². The quantitative estimate of drug-likeness (QED) is 0.873. The van der Waals surface area contributed by atoms with Gasteiger partial charge in [0.2, 0.25) is 0 Å². The summed E-state index contributed by atoms with van der Waals surface area (Å²) in [6, 6.07) is 11.0. The summed E-state index contributed by atoms with van der Waals surface area (Å²) in [6.07, 6.45) is 0. The molecule has 0 aliphatic heterocycles. The van der Waals surface area contributed by atoms with Crippen LogP contribution in [0.2, 0.25) is 5.02 Å². The van der Waals surface area contributed by atoms with Crippen molar-refractivity contribution in [2.45, 2.75) is 13.8 Å². The second-order valence-corrected chi connectivity index (χ2v) is 4.62. The van der Waals surface area contributed by atoms with Crippen LogP contribution in [0.5, 0.6) is 0 Å². The molecule has 0 amide bonds. The molecule has 0 aliphatic carbocycles. The van der Waals surface area contributed by atoms with Crippen molar-refractivity contribution >= 4 is 17.6 Å². The number of carboxylic acid groups (broad SMARTS) is 1. The van der Waals surface area contributed by atoms with Gasteiger partial charge >= 0.3 is 5.97 Å². The molecule has 92 valence electrons. The summed E-state index contributed by atoms with van der Waals surface area (Å²) in [4.78, 5) is 11.3. The van der Waals surface area contributed by atoms with Gasteiger partial charge in [-0.1, -0.05) is 41.9 Å². The molecule has 0 heterocycles. The number of hydrogen-bond acceptors (Lipinski definition) is 1. The molecule has 0 spiro atoms. The van der Waals surface area contributed by atoms with Gasteiger partial charge in [0.1, 0.15) is 0 Å². The molecule has 0 saturated heterocycles. The monoisotopic (exact) mass is 260 g/mol. The van der Waals surface area contributed by atoms with Crippen LogP contribution in [0.3, 0.4) is 0 Å². The largest absolute Gasteiger partial charge is 0.478 e. The Morgan fingerprint density at radius 1 is 1.06 bits per heavy atom. The molecule has 0 aromatic heterocycles. The lowest BCUT2D eigenvalue weighted by Gasteiger charge is -2.12. The van der Waals surface area contributed by atoms with E-state index >= 15 is 0 Å². The van der Waals surface area contributed by atoms with Gasteiger partial charge in [0, 0.05) is 0 Å². The van der Waals surface area contributed by atoms with Crippen LogP contribution in [0.25, 0.3) is 11.1 Å². The molecule has 1 N–H and O–H groups in total. The SMILES string of the molecule is Cc1cccc(-c2cccc(Cl)c2C(=O)O)c1C. The van der Waals surface area contributed by atoms with Crippen LogP contribution in [-0.4, -0.2) is 11.1 Å². The maximum absolute atomic E-state index is 11.3. The fourth-order valence-electron chi connectivity index (χ4n) is 2.01. The van der Waals surface area contributed by atoms with Crippen LogP contribution >= 0.6 is 11.6 Å². The van der Waals surface area contributed by atoms with Crippen LogP contribution in [0, 0.1) is 13.8 Å². The molecular formula is C15H13ClO2. The van der Waals surface area contributed by atoms with Crippen molar-refractivity contribution in [3.63, 3.8) is 0 Å². The average molecular weight is 261 g/mol. The molecule has 2 rings (SSSR count). The number of aryl methyl sites for hydroxylation is 1. The van der Waals surface area contributed by atoms with Gasteiger partial charge in [0.15, 0.2) is 0 Å². The first kappa shape index (κ1) is 12.7. The molecule has 0 unspecified atom stereocenters. The minimum absolute atomic E-state index is 0.160. The first-order valence-corrected chi connectivity index (χ1v) is 5.98. The van der Waals surface area contributed by atoms with E-state index in [1.807, 2.05) is 32.0 Å². The van der Waals surface area contributed by atoms with Gasteiger partial charge in [-0.25, -0.2) is 4.79 Å². The van der Waals surface area contributed by atoms with Crippen molar-refractivity contribution in [1.82, 2.24) is 0 Å². The standard InChI is InChI=1S/C15H13ClO2/c1-9-5-3-6-11(10(9)2)12-7-4-8-13(16)14(12)15(17)18/h3-8H,1-2H3,(H,17,18). The molecule has 0 saturated carbocycles. The lowest BCUT2D eigenvalue weighted by atomic mass is 9.93. The Morgan fingerprint density at radius 2 is 1.67 bits per heavy atom. The summed E-state index contributed by atoms with van der Waals surface area (Å²) in [7, 11) is 0. The van der Waals surface area contributed by atoms with E-state index in [9.17, 15) is 9.90 Å². The van der Waals surface area contributed by atoms with E-state index in [1.54, 1.807) is 18.2 Å². The Balaban J connectivity index is 2.75. The lowest BCUT2D eigenvalue weighted by molar-refractivity contribution is 0.0698. The number of carboxylic acids is 1. The number of hydrogen-bond donors (Lipinski definition) is 1. The molecule has 2 aromatic rings. The molecule has 18 heavy (non-hydrogen) atoms. The number of carbonyl (C=O) groups is 1. The van der Waals surface area contributed by atoms with Crippen LogP contribution in [-0.2, 0) is 0 Å². The van der Waals surface area contributed by atoms with E-state index in [0.29, 0.717) is 5.56 Å². The van der Waals surface area contributed by atoms with E-state index in [1.165, 1.54) is 0 Å². The van der Waals surface area contributed by atoms with Gasteiger partial charge in [-0.05, 0) is 42.2 Å². The number of halogens is 1. The molecule has 0 fully saturated rings. The maximum Gasteiger partial charge on any atom is 0.337 e. The number of rotatable bonds is 2. The number of aromatic carboxylic acids is 1. The highest BCUT2D eigenvalue weighted by Crippen LogP contribution is 2.32. The highest BCUT2D eigenvalue weighted by molar-refractivity contribution is 6.34. The third-order valence-electron chi connectivity index (χ3n) is 3.12. The van der Waals surface area contributed by atoms with Gasteiger partial charge in [0.25, 0.3) is 0 Å². The minimum Gasteiger partial charge on any atom is -0.478 e. The highest BCUT2D eigenvalue weighted by atomic mass is 35.5. The third-order valence-corrected chi connectivity index (χ3v) is 3.44. The average Bonchev–Trinajstić information content (AvgIpc) is 2.32. The predicted molar refractivity (Wildman–Crippen MR) is 73.3 cm³/mol. The second-order valence-electron chi connectivity index (χ2n) is 4.22. The Hall–Kier alpha value is -1.80. The van der Waals surface area contributed by atoms with E-state index in [0.717, 1.165) is 16.7 Å². The van der Waals surface area contributed by atoms with Gasteiger partial charge in [0.05, 0.1) is 10.6 Å². The summed E-state index contributed by atoms with van der Waals surface area (Å²) in [6.45, 7) is 3.99. The van der Waals surface area contributed by atoms with Crippen molar-refractivity contribution < 1.29 is 9.90 Å².